The summed E-state index contributed by atoms with van der Waals surface area (Å²) in [7, 11) is 0. The highest BCUT2D eigenvalue weighted by atomic mass is 16.1. The Balaban J connectivity index is 2.84. The van der Waals surface area contributed by atoms with Gasteiger partial charge in [0.25, 0.3) is 0 Å². The van der Waals surface area contributed by atoms with Crippen LogP contribution >= 0.6 is 0 Å². The molecule has 0 bridgehead atoms. The highest BCUT2D eigenvalue weighted by molar-refractivity contribution is 5.99. The molecule has 2 heteroatoms. The predicted molar refractivity (Wildman–Crippen MR) is 56.6 cm³/mol. The van der Waals surface area contributed by atoms with Crippen LogP contribution in [0.25, 0.3) is 10.8 Å². The predicted octanol–water partition coefficient (Wildman–Crippen LogP) is 1.76. The van der Waals surface area contributed by atoms with Gasteiger partial charge in [-0.2, -0.15) is 0 Å². The van der Waals surface area contributed by atoms with Crippen molar-refractivity contribution >= 4 is 17.1 Å². The molecule has 0 atom stereocenters. The number of rotatable bonds is 2. The van der Waals surface area contributed by atoms with E-state index in [0.29, 0.717) is 12.1 Å². The summed E-state index contributed by atoms with van der Waals surface area (Å²) < 4.78 is 0. The second-order valence-corrected chi connectivity index (χ2v) is 3.12. The van der Waals surface area contributed by atoms with Gasteiger partial charge >= 0.3 is 0 Å². The lowest BCUT2D eigenvalue weighted by molar-refractivity contribution is 0.563. The second-order valence-electron chi connectivity index (χ2n) is 3.12. The zero-order valence-electron chi connectivity index (χ0n) is 7.66. The first kappa shape index (κ1) is 8.91. The molecule has 0 heterocycles. The van der Waals surface area contributed by atoms with E-state index in [9.17, 15) is 4.79 Å². The van der Waals surface area contributed by atoms with Crippen molar-refractivity contribution < 1.29 is 4.79 Å². The van der Waals surface area contributed by atoms with E-state index < -0.39 is 0 Å². The largest absolute Gasteiger partial charge is 0.326 e. The minimum atomic E-state index is 0.486. The minimum Gasteiger partial charge on any atom is -0.326 e. The highest BCUT2D eigenvalue weighted by Gasteiger charge is 2.03. The van der Waals surface area contributed by atoms with Crippen LogP contribution in [-0.2, 0) is 11.3 Å². The van der Waals surface area contributed by atoms with Gasteiger partial charge in [0.15, 0.2) is 0 Å². The van der Waals surface area contributed by atoms with Gasteiger partial charge in [0.1, 0.15) is 0 Å². The first-order valence-corrected chi connectivity index (χ1v) is 4.45. The molecule has 69 valence electrons. The average Bonchev–Trinajstić information content (AvgIpc) is 2.27. The molecule has 0 saturated carbocycles. The van der Waals surface area contributed by atoms with E-state index in [1.807, 2.05) is 36.6 Å². The van der Waals surface area contributed by atoms with Gasteiger partial charge < -0.3 is 5.73 Å². The first-order valence-electron chi connectivity index (χ1n) is 4.45. The molecule has 0 fully saturated rings. The van der Waals surface area contributed by atoms with Crippen molar-refractivity contribution in [3.05, 3.63) is 47.5 Å². The van der Waals surface area contributed by atoms with E-state index in [2.05, 4.69) is 0 Å². The summed E-state index contributed by atoms with van der Waals surface area (Å²) >= 11 is 0. The smallest absolute Gasteiger partial charge is 0.234 e. The van der Waals surface area contributed by atoms with E-state index in [1.165, 1.54) is 0 Å². The molecule has 0 spiro atoms. The number of hydrogen-bond donors (Lipinski definition) is 1. The maximum Gasteiger partial charge on any atom is 0.234 e. The normalized spacial score (nSPS) is 10.4. The third kappa shape index (κ3) is 1.30. The molecule has 0 unspecified atom stereocenters. The van der Waals surface area contributed by atoms with E-state index in [4.69, 9.17) is 5.73 Å². The van der Waals surface area contributed by atoms with E-state index in [1.54, 1.807) is 6.07 Å². The summed E-state index contributed by atoms with van der Waals surface area (Å²) in [6.45, 7) is 0.486. The molecule has 0 saturated heterocycles. The molecule has 0 amide bonds. The Bertz CT molecular complexity index is 477. The fourth-order valence-corrected chi connectivity index (χ4v) is 1.63. The topological polar surface area (TPSA) is 43.1 Å². The van der Waals surface area contributed by atoms with Gasteiger partial charge in [0.2, 0.25) is 6.29 Å². The summed E-state index contributed by atoms with van der Waals surface area (Å²) in [6, 6.07) is 11.4. The van der Waals surface area contributed by atoms with Gasteiger partial charge in [0.05, 0.1) is 0 Å². The fourth-order valence-electron chi connectivity index (χ4n) is 1.63. The Hall–Kier alpha value is -1.67. The van der Waals surface area contributed by atoms with Gasteiger partial charge in [-0.05, 0) is 22.4 Å². The average molecular weight is 184 g/mol. The third-order valence-electron chi connectivity index (χ3n) is 2.34. The van der Waals surface area contributed by atoms with Crippen molar-refractivity contribution in [2.75, 3.05) is 0 Å². The Labute approximate surface area is 82.3 Å². The van der Waals surface area contributed by atoms with E-state index in [0.717, 1.165) is 16.3 Å². The zero-order chi connectivity index (χ0) is 9.97. The van der Waals surface area contributed by atoms with Gasteiger partial charge in [-0.3, -0.25) is 4.79 Å². The zero-order valence-corrected chi connectivity index (χ0v) is 7.66. The standard InChI is InChI=1S/C12H10NO/c13-7-9-5-6-10(8-14)12-4-2-1-3-11(9)12/h1-6H,7,13H2. The van der Waals surface area contributed by atoms with Crippen molar-refractivity contribution in [1.29, 1.82) is 0 Å². The Morgan fingerprint density at radius 1 is 1.07 bits per heavy atom. The molecule has 0 aliphatic rings. The Kier molecular flexibility index (Phi) is 2.29. The van der Waals surface area contributed by atoms with Crippen LogP contribution in [0, 0.1) is 0 Å². The lowest BCUT2D eigenvalue weighted by Gasteiger charge is -2.05. The molecule has 2 aromatic rings. The van der Waals surface area contributed by atoms with Gasteiger partial charge in [-0.25, -0.2) is 0 Å². The van der Waals surface area contributed by atoms with Gasteiger partial charge in [-0.1, -0.05) is 30.3 Å². The highest BCUT2D eigenvalue weighted by Crippen LogP contribution is 2.21. The van der Waals surface area contributed by atoms with Crippen LogP contribution in [-0.4, -0.2) is 6.29 Å². The minimum absolute atomic E-state index is 0.486. The summed E-state index contributed by atoms with van der Waals surface area (Å²) in [5, 5.41) is 1.96. The Morgan fingerprint density at radius 2 is 1.79 bits per heavy atom. The molecule has 2 N–H and O–H groups in total. The number of fused-ring (bicyclic) bond motifs is 1. The quantitative estimate of drug-likeness (QED) is 0.772. The molecule has 0 aliphatic heterocycles. The van der Waals surface area contributed by atoms with Gasteiger partial charge in [-0.15, -0.1) is 0 Å². The maximum absolute atomic E-state index is 10.7. The lowest BCUT2D eigenvalue weighted by atomic mass is 10.0. The molecular formula is C12H10NO. The summed E-state index contributed by atoms with van der Waals surface area (Å²) in [5.41, 5.74) is 7.26. The van der Waals surface area contributed by atoms with Crippen molar-refractivity contribution in [3.63, 3.8) is 0 Å². The SMILES string of the molecule is NCc1ccc([C]=O)c2ccccc12. The van der Waals surface area contributed by atoms with E-state index in [-0.39, 0.29) is 0 Å². The van der Waals surface area contributed by atoms with Crippen LogP contribution in [0.3, 0.4) is 0 Å². The number of hydrogen-bond acceptors (Lipinski definition) is 2. The van der Waals surface area contributed by atoms with Crippen molar-refractivity contribution in [2.24, 2.45) is 5.73 Å². The number of nitrogens with two attached hydrogens (primary N) is 1. The molecule has 2 aromatic carbocycles. The van der Waals surface area contributed by atoms with Crippen LogP contribution in [0.2, 0.25) is 0 Å². The Morgan fingerprint density at radius 3 is 2.43 bits per heavy atom. The van der Waals surface area contributed by atoms with Gasteiger partial charge in [0, 0.05) is 12.1 Å². The molecule has 2 nitrogen and oxygen atoms in total. The summed E-state index contributed by atoms with van der Waals surface area (Å²) in [4.78, 5) is 10.7. The number of benzene rings is 2. The van der Waals surface area contributed by atoms with Crippen LogP contribution in [0.15, 0.2) is 36.4 Å². The maximum atomic E-state index is 10.7. The second kappa shape index (κ2) is 3.60. The molecule has 1 radical (unpaired) electrons. The number of carbonyl (C=O) groups excluding carboxylic acids is 1. The van der Waals surface area contributed by atoms with Crippen LogP contribution in [0.5, 0.6) is 0 Å². The van der Waals surface area contributed by atoms with Crippen molar-refractivity contribution in [2.45, 2.75) is 6.54 Å². The third-order valence-corrected chi connectivity index (χ3v) is 2.34. The van der Waals surface area contributed by atoms with Crippen LogP contribution < -0.4 is 5.73 Å². The molecular weight excluding hydrogens is 174 g/mol. The fraction of sp³-hybridized carbons (Fsp3) is 0.0833. The van der Waals surface area contributed by atoms with Crippen molar-refractivity contribution in [1.82, 2.24) is 0 Å². The molecule has 14 heavy (non-hydrogen) atoms. The summed E-state index contributed by atoms with van der Waals surface area (Å²) in [6.07, 6.45) is 1.93. The van der Waals surface area contributed by atoms with Crippen molar-refractivity contribution in [3.8, 4) is 0 Å². The van der Waals surface area contributed by atoms with Crippen LogP contribution in [0.1, 0.15) is 11.1 Å². The molecule has 0 aromatic heterocycles. The lowest BCUT2D eigenvalue weighted by Crippen LogP contribution is -1.98. The van der Waals surface area contributed by atoms with Crippen LogP contribution in [0.4, 0.5) is 0 Å². The summed E-state index contributed by atoms with van der Waals surface area (Å²) in [5.74, 6) is 0. The molecule has 2 rings (SSSR count). The first-order chi connectivity index (χ1) is 6.86. The molecule has 0 aliphatic carbocycles. The van der Waals surface area contributed by atoms with E-state index >= 15 is 0 Å². The monoisotopic (exact) mass is 184 g/mol.